The van der Waals surface area contributed by atoms with Gasteiger partial charge in [-0.15, -0.1) is 0 Å². The van der Waals surface area contributed by atoms with Gasteiger partial charge >= 0.3 is 5.97 Å². The number of hydrogen-bond acceptors (Lipinski definition) is 7. The summed E-state index contributed by atoms with van der Waals surface area (Å²) in [5, 5.41) is 0.169. The predicted molar refractivity (Wildman–Crippen MR) is 133 cm³/mol. The molecule has 1 aliphatic heterocycles. The van der Waals surface area contributed by atoms with Gasteiger partial charge in [0, 0.05) is 0 Å². The molecule has 1 amide bonds. The zero-order chi connectivity index (χ0) is 24.7. The van der Waals surface area contributed by atoms with Gasteiger partial charge in [-0.05, 0) is 67.2 Å². The maximum absolute atomic E-state index is 13.5. The van der Waals surface area contributed by atoms with Crippen LogP contribution in [0.1, 0.15) is 12.5 Å². The Morgan fingerprint density at radius 3 is 2.44 bits per heavy atom. The average Bonchev–Trinajstić information content (AvgIpc) is 3.07. The molecule has 1 heterocycles. The SMILES string of the molecule is C=CCOc1ccc(/C=C2/C(=O)N(c3ccc(OC)cc3)C(=S)N2CC(=O)OC)cc1OCC. The molecular formula is C25H26N2O6S. The van der Waals surface area contributed by atoms with Gasteiger partial charge in [0.05, 0.1) is 26.5 Å². The summed E-state index contributed by atoms with van der Waals surface area (Å²) in [6.07, 6.45) is 3.29. The molecular weight excluding hydrogens is 456 g/mol. The van der Waals surface area contributed by atoms with Crippen molar-refractivity contribution >= 4 is 41.0 Å². The normalized spacial score (nSPS) is 14.4. The van der Waals surface area contributed by atoms with Crippen molar-refractivity contribution in [1.82, 2.24) is 4.90 Å². The molecule has 0 unspecified atom stereocenters. The Morgan fingerprint density at radius 2 is 1.82 bits per heavy atom. The number of hydrogen-bond donors (Lipinski definition) is 0. The molecule has 34 heavy (non-hydrogen) atoms. The summed E-state index contributed by atoms with van der Waals surface area (Å²) in [4.78, 5) is 28.4. The molecule has 0 saturated carbocycles. The molecule has 1 fully saturated rings. The molecule has 0 aliphatic carbocycles. The van der Waals surface area contributed by atoms with Crippen LogP contribution in [0.25, 0.3) is 6.08 Å². The lowest BCUT2D eigenvalue weighted by Crippen LogP contribution is -2.35. The minimum absolute atomic E-state index is 0.169. The van der Waals surface area contributed by atoms with E-state index in [4.69, 9.17) is 31.2 Å². The van der Waals surface area contributed by atoms with Gasteiger partial charge in [0.25, 0.3) is 5.91 Å². The minimum atomic E-state index is -0.527. The van der Waals surface area contributed by atoms with E-state index in [-0.39, 0.29) is 23.3 Å². The van der Waals surface area contributed by atoms with Crippen LogP contribution >= 0.6 is 12.2 Å². The highest BCUT2D eigenvalue weighted by atomic mass is 32.1. The third-order valence-corrected chi connectivity index (χ3v) is 5.31. The van der Waals surface area contributed by atoms with E-state index in [1.807, 2.05) is 6.92 Å². The first-order valence-electron chi connectivity index (χ1n) is 10.5. The Bertz CT molecular complexity index is 1110. The predicted octanol–water partition coefficient (Wildman–Crippen LogP) is 3.81. The highest BCUT2D eigenvalue weighted by Crippen LogP contribution is 2.33. The fourth-order valence-electron chi connectivity index (χ4n) is 3.29. The van der Waals surface area contributed by atoms with Crippen LogP contribution in [0.3, 0.4) is 0 Å². The Hall–Kier alpha value is -3.85. The van der Waals surface area contributed by atoms with Crippen molar-refractivity contribution in [2.24, 2.45) is 0 Å². The summed E-state index contributed by atoms with van der Waals surface area (Å²) in [5.74, 6) is 0.831. The first-order valence-corrected chi connectivity index (χ1v) is 10.9. The molecule has 2 aromatic carbocycles. The number of rotatable bonds is 10. The summed E-state index contributed by atoms with van der Waals surface area (Å²) in [6.45, 7) is 6.08. The zero-order valence-electron chi connectivity index (χ0n) is 19.3. The number of nitrogens with zero attached hydrogens (tertiary/aromatic N) is 2. The van der Waals surface area contributed by atoms with Crippen molar-refractivity contribution in [3.05, 3.63) is 66.4 Å². The van der Waals surface area contributed by atoms with Gasteiger partial charge in [-0.25, -0.2) is 0 Å². The van der Waals surface area contributed by atoms with E-state index >= 15 is 0 Å². The van der Waals surface area contributed by atoms with E-state index in [2.05, 4.69) is 6.58 Å². The third-order valence-electron chi connectivity index (χ3n) is 4.91. The van der Waals surface area contributed by atoms with Gasteiger partial charge in [0.2, 0.25) is 0 Å². The average molecular weight is 483 g/mol. The number of carbonyl (C=O) groups excluding carboxylic acids is 2. The largest absolute Gasteiger partial charge is 0.497 e. The van der Waals surface area contributed by atoms with Gasteiger partial charge in [-0.2, -0.15) is 0 Å². The molecule has 0 aromatic heterocycles. The lowest BCUT2D eigenvalue weighted by atomic mass is 10.1. The van der Waals surface area contributed by atoms with Crippen LogP contribution in [-0.4, -0.2) is 55.9 Å². The quantitative estimate of drug-likeness (QED) is 0.219. The second-order valence-electron chi connectivity index (χ2n) is 7.05. The van der Waals surface area contributed by atoms with Crippen LogP contribution in [0, 0.1) is 0 Å². The van der Waals surface area contributed by atoms with Gasteiger partial charge in [-0.1, -0.05) is 18.7 Å². The molecule has 0 radical (unpaired) electrons. The van der Waals surface area contributed by atoms with Crippen LogP contribution in [0.5, 0.6) is 17.2 Å². The smallest absolute Gasteiger partial charge is 0.325 e. The molecule has 0 spiro atoms. The van der Waals surface area contributed by atoms with Crippen LogP contribution in [0.4, 0.5) is 5.69 Å². The van der Waals surface area contributed by atoms with E-state index in [1.165, 1.54) is 16.9 Å². The van der Waals surface area contributed by atoms with Crippen molar-refractivity contribution in [1.29, 1.82) is 0 Å². The monoisotopic (exact) mass is 482 g/mol. The summed E-state index contributed by atoms with van der Waals surface area (Å²) >= 11 is 5.57. The van der Waals surface area contributed by atoms with Crippen molar-refractivity contribution in [3.63, 3.8) is 0 Å². The topological polar surface area (TPSA) is 77.5 Å². The molecule has 3 rings (SSSR count). The first-order chi connectivity index (χ1) is 16.4. The number of benzene rings is 2. The molecule has 2 aromatic rings. The van der Waals surface area contributed by atoms with Crippen molar-refractivity contribution < 1.29 is 28.5 Å². The molecule has 1 saturated heterocycles. The number of ether oxygens (including phenoxy) is 4. The van der Waals surface area contributed by atoms with Crippen LogP contribution in [0.15, 0.2) is 60.8 Å². The number of esters is 1. The molecule has 0 N–H and O–H groups in total. The maximum Gasteiger partial charge on any atom is 0.325 e. The molecule has 9 heteroatoms. The van der Waals surface area contributed by atoms with E-state index in [9.17, 15) is 9.59 Å². The van der Waals surface area contributed by atoms with Gasteiger partial charge in [0.1, 0.15) is 24.6 Å². The van der Waals surface area contributed by atoms with E-state index in [0.29, 0.717) is 41.7 Å². The highest BCUT2D eigenvalue weighted by Gasteiger charge is 2.40. The number of methoxy groups -OCH3 is 2. The lowest BCUT2D eigenvalue weighted by molar-refractivity contribution is -0.140. The Morgan fingerprint density at radius 1 is 1.09 bits per heavy atom. The third kappa shape index (κ3) is 5.37. The standard InChI is InChI=1S/C25H26N2O6S/c1-5-13-33-21-12-7-17(15-22(21)32-6-2)14-20-24(29)27(18-8-10-19(30-3)11-9-18)25(34)26(20)16-23(28)31-4/h5,7-12,14-15H,1,6,13,16H2,2-4H3/b20-14-. The van der Waals surface area contributed by atoms with Crippen LogP contribution in [0.2, 0.25) is 0 Å². The molecule has 0 bridgehead atoms. The van der Waals surface area contributed by atoms with Crippen LogP contribution < -0.4 is 19.1 Å². The van der Waals surface area contributed by atoms with Gasteiger partial charge in [-0.3, -0.25) is 14.5 Å². The number of carbonyl (C=O) groups is 2. The Kier molecular flexibility index (Phi) is 8.26. The van der Waals surface area contributed by atoms with Crippen LogP contribution in [-0.2, 0) is 14.3 Å². The summed E-state index contributed by atoms with van der Waals surface area (Å²) in [5.41, 5.74) is 1.46. The number of anilines is 1. The van der Waals surface area contributed by atoms with Gasteiger partial charge < -0.3 is 23.8 Å². The van der Waals surface area contributed by atoms with Gasteiger partial charge in [0.15, 0.2) is 16.6 Å². The molecule has 8 nitrogen and oxygen atoms in total. The molecule has 1 aliphatic rings. The second kappa shape index (κ2) is 11.3. The number of thiocarbonyl (C=S) groups is 1. The van der Waals surface area contributed by atoms with Crippen molar-refractivity contribution in [2.45, 2.75) is 6.92 Å². The molecule has 0 atom stereocenters. The summed E-state index contributed by atoms with van der Waals surface area (Å²) < 4.78 is 21.3. The van der Waals surface area contributed by atoms with E-state index in [0.717, 1.165) is 0 Å². The molecule has 178 valence electrons. The van der Waals surface area contributed by atoms with E-state index in [1.54, 1.807) is 61.7 Å². The zero-order valence-corrected chi connectivity index (χ0v) is 20.1. The highest BCUT2D eigenvalue weighted by molar-refractivity contribution is 7.80. The minimum Gasteiger partial charge on any atom is -0.497 e. The number of amides is 1. The fraction of sp³-hybridized carbons (Fsp3) is 0.240. The second-order valence-corrected chi connectivity index (χ2v) is 7.42. The fourth-order valence-corrected chi connectivity index (χ4v) is 3.65. The Labute approximate surface area is 204 Å². The van der Waals surface area contributed by atoms with Crippen molar-refractivity contribution in [3.8, 4) is 17.2 Å². The van der Waals surface area contributed by atoms with E-state index < -0.39 is 5.97 Å². The maximum atomic E-state index is 13.5. The van der Waals surface area contributed by atoms with Crippen molar-refractivity contribution in [2.75, 3.05) is 38.9 Å². The first kappa shape index (κ1) is 24.8. The Balaban J connectivity index is 2.02. The summed E-state index contributed by atoms with van der Waals surface area (Å²) in [6, 6.07) is 12.2. The lowest BCUT2D eigenvalue weighted by Gasteiger charge is -2.19. The summed E-state index contributed by atoms with van der Waals surface area (Å²) in [7, 11) is 2.84.